The van der Waals surface area contributed by atoms with Gasteiger partial charge in [-0.05, 0) is 116 Å². The van der Waals surface area contributed by atoms with E-state index >= 15 is 0 Å². The number of rotatable bonds is 1. The molecule has 3 heterocycles. The van der Waals surface area contributed by atoms with Crippen LogP contribution in [0.3, 0.4) is 0 Å². The molecule has 0 amide bonds. The third-order valence-electron chi connectivity index (χ3n) is 9.63. The van der Waals surface area contributed by atoms with Crippen LogP contribution in [0.25, 0.3) is 49.0 Å². The van der Waals surface area contributed by atoms with Crippen LogP contribution in [0, 0.1) is 39.5 Å². The first-order valence-electron chi connectivity index (χ1n) is 13.0. The van der Waals surface area contributed by atoms with Crippen LogP contribution in [0.5, 0.6) is 0 Å². The average molecular weight is 443 g/mol. The zero-order valence-electron chi connectivity index (χ0n) is 20.5. The van der Waals surface area contributed by atoms with Gasteiger partial charge in [-0.3, -0.25) is 4.98 Å². The SMILES string of the molecule is Cc1cc(C)c2c(c1C)c1nccc3cc(C4CC5CCC4C5)c4c5c(C)cccc5n2c4c31. The Labute approximate surface area is 199 Å². The fourth-order valence-corrected chi connectivity index (χ4v) is 8.11. The maximum absolute atomic E-state index is 5.05. The number of hydrogen-bond donors (Lipinski definition) is 0. The molecular formula is C32H30N2. The van der Waals surface area contributed by atoms with E-state index in [-0.39, 0.29) is 0 Å². The molecule has 3 unspecified atom stereocenters. The summed E-state index contributed by atoms with van der Waals surface area (Å²) in [6.45, 7) is 9.10. The molecule has 3 aromatic heterocycles. The van der Waals surface area contributed by atoms with Gasteiger partial charge in [0.1, 0.15) is 0 Å². The molecule has 0 radical (unpaired) electrons. The van der Waals surface area contributed by atoms with Crippen LogP contribution in [0.4, 0.5) is 0 Å². The normalized spacial score (nSPS) is 22.5. The molecule has 6 aromatic rings. The molecule has 3 aromatic carbocycles. The van der Waals surface area contributed by atoms with E-state index in [0.717, 1.165) is 11.8 Å². The van der Waals surface area contributed by atoms with E-state index in [2.05, 4.69) is 68.5 Å². The topological polar surface area (TPSA) is 17.3 Å². The molecule has 2 bridgehead atoms. The van der Waals surface area contributed by atoms with E-state index in [4.69, 9.17) is 4.98 Å². The lowest BCUT2D eigenvalue weighted by Gasteiger charge is -2.25. The van der Waals surface area contributed by atoms with Gasteiger partial charge in [0.2, 0.25) is 0 Å². The Bertz CT molecular complexity index is 1820. The molecule has 2 heteroatoms. The van der Waals surface area contributed by atoms with Crippen LogP contribution in [0.1, 0.15) is 59.4 Å². The van der Waals surface area contributed by atoms with Gasteiger partial charge in [0.15, 0.2) is 0 Å². The molecule has 0 spiro atoms. The Balaban J connectivity index is 1.71. The summed E-state index contributed by atoms with van der Waals surface area (Å²) in [5.74, 6) is 2.49. The summed E-state index contributed by atoms with van der Waals surface area (Å²) in [7, 11) is 0. The van der Waals surface area contributed by atoms with Crippen LogP contribution in [0.2, 0.25) is 0 Å². The van der Waals surface area contributed by atoms with Crippen molar-refractivity contribution in [1.29, 1.82) is 0 Å². The third-order valence-corrected chi connectivity index (χ3v) is 9.63. The van der Waals surface area contributed by atoms with Crippen LogP contribution < -0.4 is 0 Å². The van der Waals surface area contributed by atoms with Gasteiger partial charge in [0.25, 0.3) is 0 Å². The number of hydrogen-bond acceptors (Lipinski definition) is 1. The van der Waals surface area contributed by atoms with Crippen molar-refractivity contribution < 1.29 is 0 Å². The van der Waals surface area contributed by atoms with Crippen molar-refractivity contribution in [3.63, 3.8) is 0 Å². The van der Waals surface area contributed by atoms with E-state index in [1.54, 1.807) is 5.56 Å². The minimum atomic E-state index is 0.695. The van der Waals surface area contributed by atoms with Crippen LogP contribution >= 0.6 is 0 Å². The lowest BCUT2D eigenvalue weighted by Crippen LogP contribution is -2.09. The van der Waals surface area contributed by atoms with Crippen molar-refractivity contribution in [2.24, 2.45) is 11.8 Å². The zero-order chi connectivity index (χ0) is 22.9. The highest BCUT2D eigenvalue weighted by atomic mass is 14.9. The maximum atomic E-state index is 5.05. The fraction of sp³-hybridized carbons (Fsp3) is 0.344. The van der Waals surface area contributed by atoms with Gasteiger partial charge in [0, 0.05) is 27.7 Å². The Morgan fingerprint density at radius 3 is 2.47 bits per heavy atom. The average Bonchev–Trinajstić information content (AvgIpc) is 3.55. The van der Waals surface area contributed by atoms with E-state index in [0.29, 0.717) is 5.92 Å². The molecule has 2 aliphatic rings. The monoisotopic (exact) mass is 442 g/mol. The highest BCUT2D eigenvalue weighted by Crippen LogP contribution is 2.56. The molecule has 168 valence electrons. The molecule has 2 nitrogen and oxygen atoms in total. The molecule has 34 heavy (non-hydrogen) atoms. The summed E-state index contributed by atoms with van der Waals surface area (Å²) in [6.07, 6.45) is 7.70. The van der Waals surface area contributed by atoms with Gasteiger partial charge in [0.05, 0.1) is 22.1 Å². The zero-order valence-corrected chi connectivity index (χ0v) is 20.5. The largest absolute Gasteiger partial charge is 0.308 e. The summed E-state index contributed by atoms with van der Waals surface area (Å²) in [6, 6.07) is 14.1. The van der Waals surface area contributed by atoms with Gasteiger partial charge in [-0.2, -0.15) is 0 Å². The van der Waals surface area contributed by atoms with Crippen molar-refractivity contribution in [3.8, 4) is 0 Å². The second-order valence-electron chi connectivity index (χ2n) is 11.4. The highest BCUT2D eigenvalue weighted by Gasteiger charge is 2.41. The van der Waals surface area contributed by atoms with E-state index in [1.807, 2.05) is 6.20 Å². The lowest BCUT2D eigenvalue weighted by molar-refractivity contribution is 0.422. The predicted molar refractivity (Wildman–Crippen MR) is 144 cm³/mol. The van der Waals surface area contributed by atoms with Crippen molar-refractivity contribution >= 4 is 49.0 Å². The summed E-state index contributed by atoms with van der Waals surface area (Å²) >= 11 is 0. The standard InChI is InChI=1S/C32H30N2/c1-16-6-5-7-25-26(16)29-24(23-14-20-8-9-21(23)13-20)15-22-10-11-33-30-27-19(4)17(2)12-18(3)31(27)34(25)32(29)28(22)30/h5-7,10-12,15,20-21,23H,8-9,13-14H2,1-4H3. The molecule has 2 aliphatic carbocycles. The Morgan fingerprint density at radius 2 is 1.68 bits per heavy atom. The van der Waals surface area contributed by atoms with Crippen molar-refractivity contribution in [3.05, 3.63) is 70.4 Å². The van der Waals surface area contributed by atoms with E-state index in [9.17, 15) is 0 Å². The first kappa shape index (κ1) is 19.2. The number of aryl methyl sites for hydroxylation is 4. The van der Waals surface area contributed by atoms with Gasteiger partial charge in [-0.25, -0.2) is 0 Å². The first-order valence-corrected chi connectivity index (χ1v) is 13.0. The van der Waals surface area contributed by atoms with Crippen molar-refractivity contribution in [2.45, 2.75) is 59.3 Å². The minimum absolute atomic E-state index is 0.695. The van der Waals surface area contributed by atoms with Gasteiger partial charge >= 0.3 is 0 Å². The second-order valence-corrected chi connectivity index (χ2v) is 11.4. The molecule has 0 aliphatic heterocycles. The quantitative estimate of drug-likeness (QED) is 0.184. The van der Waals surface area contributed by atoms with Crippen molar-refractivity contribution in [2.75, 3.05) is 0 Å². The summed E-state index contributed by atoms with van der Waals surface area (Å²) in [5, 5.41) is 7.00. The molecule has 0 saturated heterocycles. The summed E-state index contributed by atoms with van der Waals surface area (Å²) < 4.78 is 2.61. The Kier molecular flexibility index (Phi) is 3.56. The van der Waals surface area contributed by atoms with E-state index < -0.39 is 0 Å². The molecule has 2 saturated carbocycles. The molecule has 3 atom stereocenters. The number of nitrogens with zero attached hydrogens (tertiary/aromatic N) is 2. The van der Waals surface area contributed by atoms with Crippen LogP contribution in [-0.2, 0) is 0 Å². The summed E-state index contributed by atoms with van der Waals surface area (Å²) in [4.78, 5) is 5.05. The van der Waals surface area contributed by atoms with Gasteiger partial charge < -0.3 is 4.40 Å². The molecular weight excluding hydrogens is 412 g/mol. The number of benzene rings is 3. The third kappa shape index (κ3) is 2.16. The van der Waals surface area contributed by atoms with Gasteiger partial charge in [-0.15, -0.1) is 0 Å². The molecule has 2 fully saturated rings. The fourth-order valence-electron chi connectivity index (χ4n) is 8.11. The first-order chi connectivity index (χ1) is 16.5. The van der Waals surface area contributed by atoms with Crippen LogP contribution in [-0.4, -0.2) is 9.38 Å². The van der Waals surface area contributed by atoms with Gasteiger partial charge in [-0.1, -0.05) is 24.6 Å². The van der Waals surface area contributed by atoms with Crippen molar-refractivity contribution in [1.82, 2.24) is 9.38 Å². The van der Waals surface area contributed by atoms with E-state index in [1.165, 1.54) is 96.9 Å². The number of aromatic nitrogens is 2. The number of pyridine rings is 2. The smallest absolute Gasteiger partial charge is 0.0825 e. The maximum Gasteiger partial charge on any atom is 0.0825 e. The molecule has 0 N–H and O–H groups in total. The van der Waals surface area contributed by atoms with Crippen LogP contribution in [0.15, 0.2) is 42.6 Å². The second kappa shape index (κ2) is 6.30. The molecule has 8 rings (SSSR count). The minimum Gasteiger partial charge on any atom is -0.308 e. The predicted octanol–water partition coefficient (Wildman–Crippen LogP) is 8.52. The Hall–Kier alpha value is -3.13. The lowest BCUT2D eigenvalue weighted by atomic mass is 9.80. The summed E-state index contributed by atoms with van der Waals surface area (Å²) in [5.41, 5.74) is 12.3. The highest BCUT2D eigenvalue weighted by molar-refractivity contribution is 6.29. The number of fused-ring (bicyclic) bond motifs is 8. The Morgan fingerprint density at radius 1 is 0.794 bits per heavy atom.